The number of nitrogens with zero attached hydrogens (tertiary/aromatic N) is 2. The molecule has 5 heteroatoms. The van der Waals surface area contributed by atoms with Crippen molar-refractivity contribution in [3.8, 4) is 17.1 Å². The smallest absolute Gasteiger partial charge is 0.226 e. The van der Waals surface area contributed by atoms with E-state index in [1.807, 2.05) is 32.0 Å². The van der Waals surface area contributed by atoms with Crippen molar-refractivity contribution < 1.29 is 9.26 Å². The number of hydrogen-bond donors (Lipinski definition) is 0. The van der Waals surface area contributed by atoms with Crippen molar-refractivity contribution in [1.29, 1.82) is 0 Å². The normalized spacial score (nSPS) is 11.0. The van der Waals surface area contributed by atoms with Gasteiger partial charge in [-0.1, -0.05) is 47.1 Å². The first-order valence-corrected chi connectivity index (χ1v) is 8.82. The molecule has 3 aromatic rings. The SMILES string of the molecule is CC(C)Oc1ccc(-c2noc(CCCc3ccccc3)n2)cc1Cl. The number of benzene rings is 2. The Morgan fingerprint density at radius 2 is 1.88 bits per heavy atom. The van der Waals surface area contributed by atoms with Crippen LogP contribution in [0.5, 0.6) is 5.75 Å². The van der Waals surface area contributed by atoms with Gasteiger partial charge in [0, 0.05) is 12.0 Å². The van der Waals surface area contributed by atoms with E-state index in [1.54, 1.807) is 6.07 Å². The number of aromatic nitrogens is 2. The first-order valence-electron chi connectivity index (χ1n) is 8.45. The molecule has 0 spiro atoms. The fraction of sp³-hybridized carbons (Fsp3) is 0.300. The Bertz CT molecular complexity index is 816. The summed E-state index contributed by atoms with van der Waals surface area (Å²) in [7, 11) is 0. The van der Waals surface area contributed by atoms with Crippen LogP contribution in [0.3, 0.4) is 0 Å². The van der Waals surface area contributed by atoms with Gasteiger partial charge in [-0.15, -0.1) is 0 Å². The highest BCUT2D eigenvalue weighted by Gasteiger charge is 2.12. The molecule has 25 heavy (non-hydrogen) atoms. The Labute approximate surface area is 152 Å². The Morgan fingerprint density at radius 3 is 2.60 bits per heavy atom. The van der Waals surface area contributed by atoms with Gasteiger partial charge in [0.15, 0.2) is 0 Å². The predicted octanol–water partition coefficient (Wildman–Crippen LogP) is 5.35. The second kappa shape index (κ2) is 8.17. The van der Waals surface area contributed by atoms with Crippen molar-refractivity contribution in [2.24, 2.45) is 0 Å². The van der Waals surface area contributed by atoms with E-state index >= 15 is 0 Å². The lowest BCUT2D eigenvalue weighted by molar-refractivity contribution is 0.242. The standard InChI is InChI=1S/C20H21ClN2O2/c1-14(2)24-18-12-11-16(13-17(18)21)20-22-19(25-23-20)10-6-9-15-7-4-3-5-8-15/h3-5,7-8,11-14H,6,9-10H2,1-2H3. The van der Waals surface area contributed by atoms with E-state index in [2.05, 4.69) is 34.4 Å². The second-order valence-corrected chi connectivity index (χ2v) is 6.57. The molecule has 2 aromatic carbocycles. The third-order valence-corrected chi connectivity index (χ3v) is 4.02. The number of rotatable bonds is 7. The van der Waals surface area contributed by atoms with Gasteiger partial charge >= 0.3 is 0 Å². The van der Waals surface area contributed by atoms with E-state index < -0.39 is 0 Å². The number of aryl methyl sites for hydroxylation is 2. The fourth-order valence-corrected chi connectivity index (χ4v) is 2.78. The zero-order valence-electron chi connectivity index (χ0n) is 14.4. The van der Waals surface area contributed by atoms with E-state index in [1.165, 1.54) is 5.56 Å². The topological polar surface area (TPSA) is 48.2 Å². The van der Waals surface area contributed by atoms with Crippen LogP contribution in [0.25, 0.3) is 11.4 Å². The second-order valence-electron chi connectivity index (χ2n) is 6.16. The zero-order chi connectivity index (χ0) is 17.6. The number of halogens is 1. The van der Waals surface area contributed by atoms with Crippen molar-refractivity contribution in [2.75, 3.05) is 0 Å². The van der Waals surface area contributed by atoms with Crippen molar-refractivity contribution in [3.63, 3.8) is 0 Å². The molecule has 0 atom stereocenters. The minimum atomic E-state index is 0.0738. The van der Waals surface area contributed by atoms with Gasteiger partial charge in [-0.05, 0) is 50.5 Å². The Balaban J connectivity index is 1.62. The minimum Gasteiger partial charge on any atom is -0.489 e. The highest BCUT2D eigenvalue weighted by atomic mass is 35.5. The molecule has 0 saturated heterocycles. The third-order valence-electron chi connectivity index (χ3n) is 3.72. The summed E-state index contributed by atoms with van der Waals surface area (Å²) in [6.45, 7) is 3.93. The van der Waals surface area contributed by atoms with Crippen LogP contribution in [0.15, 0.2) is 53.1 Å². The Hall–Kier alpha value is -2.33. The maximum absolute atomic E-state index is 6.27. The first kappa shape index (κ1) is 17.5. The highest BCUT2D eigenvalue weighted by molar-refractivity contribution is 6.32. The molecule has 0 unspecified atom stereocenters. The van der Waals surface area contributed by atoms with Crippen LogP contribution in [0.1, 0.15) is 31.7 Å². The molecule has 0 N–H and O–H groups in total. The summed E-state index contributed by atoms with van der Waals surface area (Å²) in [6.07, 6.45) is 2.79. The van der Waals surface area contributed by atoms with Gasteiger partial charge in [0.25, 0.3) is 0 Å². The summed E-state index contributed by atoms with van der Waals surface area (Å²) < 4.78 is 11.0. The van der Waals surface area contributed by atoms with Crippen LogP contribution in [-0.2, 0) is 12.8 Å². The molecule has 0 aliphatic rings. The third kappa shape index (κ3) is 4.83. The van der Waals surface area contributed by atoms with Crippen molar-refractivity contribution in [3.05, 3.63) is 65.0 Å². The van der Waals surface area contributed by atoms with Crippen molar-refractivity contribution in [2.45, 2.75) is 39.2 Å². The molecule has 0 bridgehead atoms. The summed E-state index contributed by atoms with van der Waals surface area (Å²) in [6, 6.07) is 15.9. The molecule has 0 aliphatic carbocycles. The van der Waals surface area contributed by atoms with Crippen LogP contribution in [0.2, 0.25) is 5.02 Å². The number of hydrogen-bond acceptors (Lipinski definition) is 4. The quantitative estimate of drug-likeness (QED) is 0.572. The summed E-state index contributed by atoms with van der Waals surface area (Å²) in [5.41, 5.74) is 2.13. The Morgan fingerprint density at radius 1 is 1.08 bits per heavy atom. The van der Waals surface area contributed by atoms with Gasteiger partial charge in [0.2, 0.25) is 11.7 Å². The van der Waals surface area contributed by atoms with Crippen LogP contribution in [-0.4, -0.2) is 16.2 Å². The average Bonchev–Trinajstić information content (AvgIpc) is 3.06. The van der Waals surface area contributed by atoms with Crippen LogP contribution < -0.4 is 4.74 Å². The predicted molar refractivity (Wildman–Crippen MR) is 99.0 cm³/mol. The molecule has 0 fully saturated rings. The van der Waals surface area contributed by atoms with E-state index in [-0.39, 0.29) is 6.10 Å². The van der Waals surface area contributed by atoms with Crippen molar-refractivity contribution >= 4 is 11.6 Å². The van der Waals surface area contributed by atoms with Crippen molar-refractivity contribution in [1.82, 2.24) is 10.1 Å². The molecule has 4 nitrogen and oxygen atoms in total. The molecular weight excluding hydrogens is 336 g/mol. The summed E-state index contributed by atoms with van der Waals surface area (Å²) in [5, 5.41) is 4.60. The van der Waals surface area contributed by atoms with Gasteiger partial charge in [-0.3, -0.25) is 0 Å². The maximum atomic E-state index is 6.27. The van der Waals surface area contributed by atoms with E-state index in [9.17, 15) is 0 Å². The van der Waals surface area contributed by atoms with Crippen LogP contribution >= 0.6 is 11.6 Å². The molecule has 0 saturated carbocycles. The first-order chi connectivity index (χ1) is 12.1. The molecule has 1 aromatic heterocycles. The molecular formula is C20H21ClN2O2. The lowest BCUT2D eigenvalue weighted by atomic mass is 10.1. The van der Waals surface area contributed by atoms with E-state index in [0.717, 1.165) is 24.8 Å². The lowest BCUT2D eigenvalue weighted by Gasteiger charge is -2.11. The van der Waals surface area contributed by atoms with Gasteiger partial charge < -0.3 is 9.26 Å². The highest BCUT2D eigenvalue weighted by Crippen LogP contribution is 2.30. The minimum absolute atomic E-state index is 0.0738. The molecule has 1 heterocycles. The molecule has 0 radical (unpaired) electrons. The maximum Gasteiger partial charge on any atom is 0.226 e. The summed E-state index contributed by atoms with van der Waals surface area (Å²) in [4.78, 5) is 4.47. The van der Waals surface area contributed by atoms with Gasteiger partial charge in [0.05, 0.1) is 11.1 Å². The van der Waals surface area contributed by atoms with E-state index in [0.29, 0.717) is 22.5 Å². The largest absolute Gasteiger partial charge is 0.489 e. The van der Waals surface area contributed by atoms with Gasteiger partial charge in [0.1, 0.15) is 5.75 Å². The van der Waals surface area contributed by atoms with Crippen LogP contribution in [0.4, 0.5) is 0 Å². The van der Waals surface area contributed by atoms with Gasteiger partial charge in [-0.25, -0.2) is 0 Å². The zero-order valence-corrected chi connectivity index (χ0v) is 15.2. The van der Waals surface area contributed by atoms with Crippen LogP contribution in [0, 0.1) is 0 Å². The average molecular weight is 357 g/mol. The summed E-state index contributed by atoms with van der Waals surface area (Å²) in [5.74, 6) is 1.85. The molecule has 0 amide bonds. The monoisotopic (exact) mass is 356 g/mol. The summed E-state index contributed by atoms with van der Waals surface area (Å²) >= 11 is 6.27. The Kier molecular flexibility index (Phi) is 5.71. The number of ether oxygens (including phenoxy) is 1. The molecule has 3 rings (SSSR count). The van der Waals surface area contributed by atoms with E-state index in [4.69, 9.17) is 20.9 Å². The fourth-order valence-electron chi connectivity index (χ4n) is 2.55. The van der Waals surface area contributed by atoms with Gasteiger partial charge in [-0.2, -0.15) is 4.98 Å². The molecule has 0 aliphatic heterocycles. The lowest BCUT2D eigenvalue weighted by Crippen LogP contribution is -2.05. The molecule has 130 valence electrons.